The first-order chi connectivity index (χ1) is 16.1. The van der Waals surface area contributed by atoms with Crippen molar-refractivity contribution in [1.82, 2.24) is 5.32 Å². The molecule has 0 atom stereocenters. The molecule has 1 amide bonds. The molecule has 0 aliphatic rings. The standard InChI is InChI=1S/C28H23NO3S/c1-32-28(31)24-11-9-20(10-12-24)19-29-27(30)26(18-25-8-5-17-33-25)23-15-13-22(14-16-23)21-6-3-2-4-7-21/h2-18H,19H2,1H3,(H,29,30)/b26-18+. The van der Waals surface area contributed by atoms with Gasteiger partial charge in [-0.3, -0.25) is 4.79 Å². The number of thiophene rings is 1. The van der Waals surface area contributed by atoms with Crippen LogP contribution in [-0.2, 0) is 16.1 Å². The molecule has 4 aromatic rings. The highest BCUT2D eigenvalue weighted by molar-refractivity contribution is 7.11. The van der Waals surface area contributed by atoms with Gasteiger partial charge in [-0.1, -0.05) is 72.8 Å². The number of methoxy groups -OCH3 is 1. The van der Waals surface area contributed by atoms with Gasteiger partial charge in [-0.15, -0.1) is 11.3 Å². The van der Waals surface area contributed by atoms with E-state index in [1.165, 1.54) is 7.11 Å². The fraction of sp³-hybridized carbons (Fsp3) is 0.0714. The zero-order valence-electron chi connectivity index (χ0n) is 18.2. The zero-order valence-corrected chi connectivity index (χ0v) is 19.0. The van der Waals surface area contributed by atoms with Gasteiger partial charge >= 0.3 is 5.97 Å². The van der Waals surface area contributed by atoms with Crippen LogP contribution in [0.4, 0.5) is 0 Å². The van der Waals surface area contributed by atoms with E-state index in [-0.39, 0.29) is 11.9 Å². The molecule has 164 valence electrons. The van der Waals surface area contributed by atoms with Crippen LogP contribution in [0.5, 0.6) is 0 Å². The van der Waals surface area contributed by atoms with Gasteiger partial charge in [0.1, 0.15) is 0 Å². The van der Waals surface area contributed by atoms with Crippen molar-refractivity contribution < 1.29 is 14.3 Å². The van der Waals surface area contributed by atoms with Gasteiger partial charge in [0.05, 0.1) is 12.7 Å². The van der Waals surface area contributed by atoms with E-state index in [2.05, 4.69) is 17.4 Å². The molecule has 33 heavy (non-hydrogen) atoms. The van der Waals surface area contributed by atoms with Crippen LogP contribution < -0.4 is 5.32 Å². The number of carbonyl (C=O) groups is 2. The van der Waals surface area contributed by atoms with Crippen LogP contribution in [-0.4, -0.2) is 19.0 Å². The fourth-order valence-corrected chi connectivity index (χ4v) is 4.08. The van der Waals surface area contributed by atoms with Gasteiger partial charge < -0.3 is 10.1 Å². The minimum atomic E-state index is -0.384. The van der Waals surface area contributed by atoms with E-state index in [0.717, 1.165) is 27.1 Å². The molecule has 5 heteroatoms. The van der Waals surface area contributed by atoms with E-state index in [4.69, 9.17) is 4.74 Å². The Morgan fingerprint density at radius 2 is 1.48 bits per heavy atom. The van der Waals surface area contributed by atoms with E-state index < -0.39 is 0 Å². The molecular weight excluding hydrogens is 430 g/mol. The summed E-state index contributed by atoms with van der Waals surface area (Å²) in [6.45, 7) is 0.351. The lowest BCUT2D eigenvalue weighted by Gasteiger charge is -2.11. The fourth-order valence-electron chi connectivity index (χ4n) is 3.42. The van der Waals surface area contributed by atoms with Crippen LogP contribution in [0.1, 0.15) is 26.4 Å². The van der Waals surface area contributed by atoms with Crippen LogP contribution in [0.3, 0.4) is 0 Å². The smallest absolute Gasteiger partial charge is 0.337 e. The molecule has 0 bridgehead atoms. The Morgan fingerprint density at radius 3 is 2.12 bits per heavy atom. The molecule has 4 nitrogen and oxygen atoms in total. The lowest BCUT2D eigenvalue weighted by Crippen LogP contribution is -2.23. The topological polar surface area (TPSA) is 55.4 Å². The second-order valence-electron chi connectivity index (χ2n) is 7.39. The second-order valence-corrected chi connectivity index (χ2v) is 8.37. The van der Waals surface area contributed by atoms with Crippen LogP contribution in [0.15, 0.2) is 96.4 Å². The molecule has 4 rings (SSSR count). The Kier molecular flexibility index (Phi) is 7.12. The molecular formula is C28H23NO3S. The van der Waals surface area contributed by atoms with E-state index in [1.807, 2.05) is 78.2 Å². The first-order valence-electron chi connectivity index (χ1n) is 10.5. The quantitative estimate of drug-likeness (QED) is 0.273. The van der Waals surface area contributed by atoms with Gasteiger partial charge in [0, 0.05) is 17.0 Å². The van der Waals surface area contributed by atoms with Crippen molar-refractivity contribution in [3.8, 4) is 11.1 Å². The van der Waals surface area contributed by atoms with Crippen molar-refractivity contribution in [2.24, 2.45) is 0 Å². The minimum Gasteiger partial charge on any atom is -0.465 e. The van der Waals surface area contributed by atoms with Crippen molar-refractivity contribution in [2.45, 2.75) is 6.54 Å². The normalized spacial score (nSPS) is 11.1. The third-order valence-corrected chi connectivity index (χ3v) is 6.02. The van der Waals surface area contributed by atoms with Crippen LogP contribution in [0.25, 0.3) is 22.8 Å². The highest BCUT2D eigenvalue weighted by Gasteiger charge is 2.13. The predicted molar refractivity (Wildman–Crippen MR) is 134 cm³/mol. The average molecular weight is 454 g/mol. The Balaban J connectivity index is 1.53. The molecule has 0 saturated carbocycles. The molecule has 3 aromatic carbocycles. The molecule has 0 radical (unpaired) electrons. The average Bonchev–Trinajstić information content (AvgIpc) is 3.40. The maximum absolute atomic E-state index is 13.2. The summed E-state index contributed by atoms with van der Waals surface area (Å²) in [6.07, 6.45) is 1.91. The number of rotatable bonds is 7. The molecule has 0 saturated heterocycles. The van der Waals surface area contributed by atoms with Gasteiger partial charge in [-0.2, -0.15) is 0 Å². The number of hydrogen-bond acceptors (Lipinski definition) is 4. The monoisotopic (exact) mass is 453 g/mol. The van der Waals surface area contributed by atoms with Crippen molar-refractivity contribution in [1.29, 1.82) is 0 Å². The zero-order chi connectivity index (χ0) is 23.0. The Morgan fingerprint density at radius 1 is 0.818 bits per heavy atom. The highest BCUT2D eigenvalue weighted by atomic mass is 32.1. The largest absolute Gasteiger partial charge is 0.465 e. The molecule has 0 aliphatic carbocycles. The SMILES string of the molecule is COC(=O)c1ccc(CNC(=O)/C(=C/c2cccs2)c2ccc(-c3ccccc3)cc2)cc1. The summed E-state index contributed by atoms with van der Waals surface area (Å²) in [5.74, 6) is -0.543. The van der Waals surface area contributed by atoms with Crippen LogP contribution in [0, 0.1) is 0 Å². The van der Waals surface area contributed by atoms with Gasteiger partial charge in [-0.05, 0) is 51.9 Å². The highest BCUT2D eigenvalue weighted by Crippen LogP contribution is 2.25. The molecule has 1 aromatic heterocycles. The lowest BCUT2D eigenvalue weighted by atomic mass is 9.99. The predicted octanol–water partition coefficient (Wildman–Crippen LogP) is 6.06. The van der Waals surface area contributed by atoms with Crippen molar-refractivity contribution in [3.63, 3.8) is 0 Å². The van der Waals surface area contributed by atoms with E-state index >= 15 is 0 Å². The molecule has 1 heterocycles. The maximum Gasteiger partial charge on any atom is 0.337 e. The first kappa shape index (κ1) is 22.2. The summed E-state index contributed by atoms with van der Waals surface area (Å²) in [5, 5.41) is 4.99. The summed E-state index contributed by atoms with van der Waals surface area (Å²) >= 11 is 1.58. The number of carbonyl (C=O) groups excluding carboxylic acids is 2. The molecule has 0 unspecified atom stereocenters. The molecule has 0 spiro atoms. The Hall–Kier alpha value is -3.96. The van der Waals surface area contributed by atoms with Crippen molar-refractivity contribution in [2.75, 3.05) is 7.11 Å². The molecule has 1 N–H and O–H groups in total. The third-order valence-electron chi connectivity index (χ3n) is 5.21. The van der Waals surface area contributed by atoms with Gasteiger partial charge in [0.15, 0.2) is 0 Å². The summed E-state index contributed by atoms with van der Waals surface area (Å²) in [5.41, 5.74) is 5.05. The van der Waals surface area contributed by atoms with Crippen molar-refractivity contribution >= 4 is 34.9 Å². The summed E-state index contributed by atoms with van der Waals surface area (Å²) in [6, 6.07) is 29.1. The summed E-state index contributed by atoms with van der Waals surface area (Å²) in [4.78, 5) is 25.8. The lowest BCUT2D eigenvalue weighted by molar-refractivity contribution is -0.115. The number of nitrogens with one attached hydrogen (secondary N) is 1. The summed E-state index contributed by atoms with van der Waals surface area (Å²) in [7, 11) is 1.35. The van der Waals surface area contributed by atoms with E-state index in [9.17, 15) is 9.59 Å². The maximum atomic E-state index is 13.2. The second kappa shape index (κ2) is 10.6. The van der Waals surface area contributed by atoms with Crippen LogP contribution in [0.2, 0.25) is 0 Å². The van der Waals surface area contributed by atoms with Gasteiger partial charge in [0.2, 0.25) is 0 Å². The molecule has 0 fully saturated rings. The first-order valence-corrected chi connectivity index (χ1v) is 11.4. The molecule has 0 aliphatic heterocycles. The minimum absolute atomic E-state index is 0.159. The summed E-state index contributed by atoms with van der Waals surface area (Å²) < 4.78 is 4.73. The number of esters is 1. The van der Waals surface area contributed by atoms with E-state index in [0.29, 0.717) is 17.7 Å². The van der Waals surface area contributed by atoms with Crippen molar-refractivity contribution in [3.05, 3.63) is 118 Å². The van der Waals surface area contributed by atoms with Gasteiger partial charge in [0.25, 0.3) is 5.91 Å². The third kappa shape index (κ3) is 5.64. The van der Waals surface area contributed by atoms with Crippen LogP contribution >= 0.6 is 11.3 Å². The number of hydrogen-bond donors (Lipinski definition) is 1. The number of benzene rings is 3. The van der Waals surface area contributed by atoms with E-state index in [1.54, 1.807) is 23.5 Å². The van der Waals surface area contributed by atoms with Gasteiger partial charge in [-0.25, -0.2) is 4.79 Å². The number of amides is 1. The Bertz CT molecular complexity index is 1240. The number of ether oxygens (including phenoxy) is 1. The Labute approximate surface area is 197 Å².